The molecule has 1 aliphatic heterocycles. The molecule has 1 amide bonds. The van der Waals surface area contributed by atoms with Crippen LogP contribution in [-0.4, -0.2) is 34.3 Å². The predicted molar refractivity (Wildman–Crippen MR) is 94.5 cm³/mol. The number of pyridine rings is 1. The van der Waals surface area contributed by atoms with E-state index in [9.17, 15) is 4.79 Å². The molecular formula is C19H18N4O2. The van der Waals surface area contributed by atoms with Crippen molar-refractivity contribution in [2.45, 2.75) is 13.3 Å². The number of fused-ring (bicyclic) bond motifs is 1. The first-order chi connectivity index (χ1) is 12.2. The first kappa shape index (κ1) is 15.4. The van der Waals surface area contributed by atoms with Crippen molar-refractivity contribution in [1.29, 1.82) is 0 Å². The van der Waals surface area contributed by atoms with Crippen LogP contribution in [0, 0.1) is 6.92 Å². The molecule has 0 unspecified atom stereocenters. The minimum atomic E-state index is -0.102. The van der Waals surface area contributed by atoms with E-state index in [0.717, 1.165) is 28.9 Å². The molecule has 3 aromatic rings. The van der Waals surface area contributed by atoms with Crippen molar-refractivity contribution < 1.29 is 9.53 Å². The lowest BCUT2D eigenvalue weighted by Gasteiger charge is -2.15. The van der Waals surface area contributed by atoms with Crippen molar-refractivity contribution in [1.82, 2.24) is 14.8 Å². The Hall–Kier alpha value is -3.15. The summed E-state index contributed by atoms with van der Waals surface area (Å²) in [5.74, 6) is 0.612. The number of anilines is 1. The number of ether oxygens (including phenoxy) is 1. The lowest BCUT2D eigenvalue weighted by atomic mass is 10.2. The molecule has 0 spiro atoms. The number of carbonyl (C=O) groups is 1. The summed E-state index contributed by atoms with van der Waals surface area (Å²) >= 11 is 0. The van der Waals surface area contributed by atoms with Gasteiger partial charge in [0, 0.05) is 25.1 Å². The van der Waals surface area contributed by atoms with Gasteiger partial charge in [-0.25, -0.2) is 4.68 Å². The van der Waals surface area contributed by atoms with Gasteiger partial charge in [-0.2, -0.15) is 5.10 Å². The smallest absolute Gasteiger partial charge is 0.278 e. The summed E-state index contributed by atoms with van der Waals surface area (Å²) in [6.45, 7) is 2.66. The Kier molecular flexibility index (Phi) is 3.72. The predicted octanol–water partition coefficient (Wildman–Crippen LogP) is 2.79. The largest absolute Gasteiger partial charge is 0.494 e. The molecule has 0 fully saturated rings. The van der Waals surface area contributed by atoms with Crippen LogP contribution in [-0.2, 0) is 6.42 Å². The Bertz CT molecular complexity index is 948. The molecule has 6 heteroatoms. The van der Waals surface area contributed by atoms with Crippen molar-refractivity contribution in [3.8, 4) is 11.4 Å². The number of aryl methyl sites for hydroxylation is 1. The fourth-order valence-corrected chi connectivity index (χ4v) is 3.13. The maximum absolute atomic E-state index is 12.9. The number of aromatic nitrogens is 3. The Balaban J connectivity index is 1.66. The first-order valence-corrected chi connectivity index (χ1v) is 8.13. The van der Waals surface area contributed by atoms with Gasteiger partial charge in [-0.15, -0.1) is 0 Å². The number of hydrogen-bond acceptors (Lipinski definition) is 4. The van der Waals surface area contributed by atoms with E-state index in [2.05, 4.69) is 10.1 Å². The molecule has 0 bridgehead atoms. The molecule has 1 aliphatic rings. The van der Waals surface area contributed by atoms with E-state index in [4.69, 9.17) is 4.74 Å². The van der Waals surface area contributed by atoms with Crippen LogP contribution in [0.2, 0.25) is 0 Å². The van der Waals surface area contributed by atoms with Gasteiger partial charge in [-0.1, -0.05) is 6.07 Å². The molecule has 0 saturated heterocycles. The molecule has 4 rings (SSSR count). The van der Waals surface area contributed by atoms with E-state index in [1.165, 1.54) is 0 Å². The molecule has 0 radical (unpaired) electrons. The zero-order valence-electron chi connectivity index (χ0n) is 14.1. The summed E-state index contributed by atoms with van der Waals surface area (Å²) < 4.78 is 7.09. The number of hydrogen-bond donors (Lipinski definition) is 0. The number of nitrogens with zero attached hydrogens (tertiary/aromatic N) is 4. The number of rotatable bonds is 3. The monoisotopic (exact) mass is 334 g/mol. The van der Waals surface area contributed by atoms with Gasteiger partial charge in [-0.05, 0) is 48.7 Å². The highest BCUT2D eigenvalue weighted by molar-refractivity contribution is 6.05. The van der Waals surface area contributed by atoms with Crippen LogP contribution < -0.4 is 9.64 Å². The van der Waals surface area contributed by atoms with Crippen LogP contribution in [0.1, 0.15) is 21.6 Å². The van der Waals surface area contributed by atoms with Crippen molar-refractivity contribution in [2.24, 2.45) is 0 Å². The average molecular weight is 334 g/mol. The summed E-state index contributed by atoms with van der Waals surface area (Å²) in [5.41, 5.74) is 4.33. The van der Waals surface area contributed by atoms with Crippen LogP contribution in [0.3, 0.4) is 0 Å². The number of methoxy groups -OCH3 is 1. The summed E-state index contributed by atoms with van der Waals surface area (Å²) in [5, 5.41) is 4.48. The van der Waals surface area contributed by atoms with E-state index in [-0.39, 0.29) is 5.91 Å². The van der Waals surface area contributed by atoms with Crippen LogP contribution in [0.5, 0.6) is 5.75 Å². The summed E-state index contributed by atoms with van der Waals surface area (Å²) in [6.07, 6.45) is 6.13. The SMILES string of the molecule is COc1ccc(C)cc1-n1ccc(C(=O)N2CCc3cnccc32)n1. The Morgan fingerprint density at radius 1 is 1.20 bits per heavy atom. The van der Waals surface area contributed by atoms with E-state index < -0.39 is 0 Å². The fourth-order valence-electron chi connectivity index (χ4n) is 3.13. The highest BCUT2D eigenvalue weighted by Gasteiger charge is 2.27. The molecule has 25 heavy (non-hydrogen) atoms. The first-order valence-electron chi connectivity index (χ1n) is 8.13. The van der Waals surface area contributed by atoms with Gasteiger partial charge in [0.15, 0.2) is 5.69 Å². The highest BCUT2D eigenvalue weighted by Crippen LogP contribution is 2.28. The number of amides is 1. The highest BCUT2D eigenvalue weighted by atomic mass is 16.5. The molecule has 1 aromatic carbocycles. The van der Waals surface area contributed by atoms with Gasteiger partial charge >= 0.3 is 0 Å². The minimum absolute atomic E-state index is 0.102. The van der Waals surface area contributed by atoms with E-state index in [1.54, 1.807) is 35.2 Å². The third kappa shape index (κ3) is 2.65. The third-order valence-corrected chi connectivity index (χ3v) is 4.41. The summed E-state index contributed by atoms with van der Waals surface area (Å²) in [4.78, 5) is 18.8. The Morgan fingerprint density at radius 3 is 2.92 bits per heavy atom. The molecule has 126 valence electrons. The third-order valence-electron chi connectivity index (χ3n) is 4.41. The van der Waals surface area contributed by atoms with E-state index in [0.29, 0.717) is 18.0 Å². The van der Waals surface area contributed by atoms with Gasteiger partial charge in [0.1, 0.15) is 11.4 Å². The molecule has 0 N–H and O–H groups in total. The molecule has 0 saturated carbocycles. The lowest BCUT2D eigenvalue weighted by Crippen LogP contribution is -2.29. The standard InChI is InChI=1S/C19H18N4O2/c1-13-3-4-18(25-2)17(11-13)23-10-7-15(21-23)19(24)22-9-6-14-12-20-8-5-16(14)22/h3-5,7-8,10-12H,6,9H2,1-2H3. The molecule has 6 nitrogen and oxygen atoms in total. The zero-order chi connectivity index (χ0) is 17.4. The molecule has 0 atom stereocenters. The second-order valence-corrected chi connectivity index (χ2v) is 6.03. The van der Waals surface area contributed by atoms with Gasteiger partial charge in [-0.3, -0.25) is 9.78 Å². The molecular weight excluding hydrogens is 316 g/mol. The van der Waals surface area contributed by atoms with Crippen molar-refractivity contribution in [3.63, 3.8) is 0 Å². The molecule has 2 aromatic heterocycles. The number of benzene rings is 1. The van der Waals surface area contributed by atoms with Gasteiger partial charge < -0.3 is 9.64 Å². The van der Waals surface area contributed by atoms with Crippen molar-refractivity contribution in [2.75, 3.05) is 18.6 Å². The van der Waals surface area contributed by atoms with Crippen LogP contribution in [0.4, 0.5) is 5.69 Å². The second-order valence-electron chi connectivity index (χ2n) is 6.03. The minimum Gasteiger partial charge on any atom is -0.494 e. The fraction of sp³-hybridized carbons (Fsp3) is 0.211. The Morgan fingerprint density at radius 2 is 2.08 bits per heavy atom. The summed E-state index contributed by atoms with van der Waals surface area (Å²) in [7, 11) is 1.62. The maximum Gasteiger partial charge on any atom is 0.278 e. The van der Waals surface area contributed by atoms with Crippen molar-refractivity contribution in [3.05, 3.63) is 65.7 Å². The van der Waals surface area contributed by atoms with Gasteiger partial charge in [0.2, 0.25) is 0 Å². The zero-order valence-corrected chi connectivity index (χ0v) is 14.1. The van der Waals surface area contributed by atoms with Crippen LogP contribution in [0.15, 0.2) is 48.9 Å². The second kappa shape index (κ2) is 6.05. The topological polar surface area (TPSA) is 60.2 Å². The van der Waals surface area contributed by atoms with Gasteiger partial charge in [0.25, 0.3) is 5.91 Å². The van der Waals surface area contributed by atoms with Crippen LogP contribution in [0.25, 0.3) is 5.69 Å². The molecule has 3 heterocycles. The quantitative estimate of drug-likeness (QED) is 0.739. The lowest BCUT2D eigenvalue weighted by molar-refractivity contribution is 0.0984. The normalized spacial score (nSPS) is 13.0. The van der Waals surface area contributed by atoms with Crippen LogP contribution >= 0.6 is 0 Å². The average Bonchev–Trinajstić information content (AvgIpc) is 3.28. The summed E-state index contributed by atoms with van der Waals surface area (Å²) in [6, 6.07) is 9.48. The maximum atomic E-state index is 12.9. The molecule has 0 aliphatic carbocycles. The van der Waals surface area contributed by atoms with E-state index in [1.807, 2.05) is 37.4 Å². The van der Waals surface area contributed by atoms with Gasteiger partial charge in [0.05, 0.1) is 12.8 Å². The van der Waals surface area contributed by atoms with E-state index >= 15 is 0 Å². The van der Waals surface area contributed by atoms with Crippen molar-refractivity contribution >= 4 is 11.6 Å². The number of carbonyl (C=O) groups excluding carboxylic acids is 1. The Labute approximate surface area is 145 Å².